The first-order valence-corrected chi connectivity index (χ1v) is 30.2. The van der Waals surface area contributed by atoms with E-state index in [9.17, 15) is 0 Å². The Bertz CT molecular complexity index is 4230. The van der Waals surface area contributed by atoms with Crippen LogP contribution in [0.15, 0.2) is 174 Å². The molecule has 0 aliphatic carbocycles. The summed E-state index contributed by atoms with van der Waals surface area (Å²) in [6.07, 6.45) is 1.94. The summed E-state index contributed by atoms with van der Waals surface area (Å²) in [5.74, 6) is 2.34. The molecule has 6 heteroatoms. The van der Waals surface area contributed by atoms with Gasteiger partial charge in [-0.15, -0.1) is 0 Å². The second kappa shape index (κ2) is 19.8. The third kappa shape index (κ3) is 10.2. The molecule has 0 radical (unpaired) electrons. The smallest absolute Gasteiger partial charge is 0.137 e. The quantitative estimate of drug-likeness (QED) is 0.159. The number of furan rings is 1. The number of pyridine rings is 1. The second-order valence-electron chi connectivity index (χ2n) is 30.0. The highest BCUT2D eigenvalue weighted by molar-refractivity contribution is 6.24. The van der Waals surface area contributed by atoms with Crippen molar-refractivity contribution in [2.24, 2.45) is 0 Å². The summed E-state index contributed by atoms with van der Waals surface area (Å²) < 4.78 is 15.9. The van der Waals surface area contributed by atoms with Gasteiger partial charge in [0, 0.05) is 51.3 Å². The minimum atomic E-state index is -0.142. The number of fused-ring (bicyclic) bond motifs is 8. The van der Waals surface area contributed by atoms with Crippen LogP contribution in [0.5, 0.6) is 11.5 Å². The second-order valence-corrected chi connectivity index (χ2v) is 30.0. The van der Waals surface area contributed by atoms with E-state index in [0.29, 0.717) is 6.67 Å². The molecule has 0 bridgehead atoms. The Morgan fingerprint density at radius 1 is 0.405 bits per heavy atom. The van der Waals surface area contributed by atoms with Gasteiger partial charge in [-0.25, -0.2) is 4.98 Å². The average Bonchev–Trinajstić information content (AvgIpc) is 1.74. The Morgan fingerprint density at radius 3 is 1.49 bits per heavy atom. The van der Waals surface area contributed by atoms with Gasteiger partial charge in [0.25, 0.3) is 0 Å². The topological polar surface area (TPSA) is 46.7 Å². The molecule has 3 aromatic heterocycles. The Balaban J connectivity index is 1.02. The van der Waals surface area contributed by atoms with E-state index in [1.54, 1.807) is 0 Å². The van der Waals surface area contributed by atoms with Gasteiger partial charge in [0.05, 0.1) is 33.5 Å². The number of benzene rings is 8. The van der Waals surface area contributed by atoms with Crippen molar-refractivity contribution in [1.82, 2.24) is 9.55 Å². The molecule has 0 atom stereocenters. The van der Waals surface area contributed by atoms with Crippen LogP contribution < -0.4 is 14.5 Å². The number of rotatable bonds is 7. The summed E-state index contributed by atoms with van der Waals surface area (Å²) in [6, 6.07) is 60.9. The maximum Gasteiger partial charge on any atom is 0.137 e. The van der Waals surface area contributed by atoms with E-state index < -0.39 is 0 Å². The molecular formula is C78H84N4O2. The molecule has 1 aliphatic rings. The fourth-order valence-corrected chi connectivity index (χ4v) is 12.2. The molecule has 12 rings (SSSR count). The molecule has 84 heavy (non-hydrogen) atoms. The molecule has 428 valence electrons. The van der Waals surface area contributed by atoms with Gasteiger partial charge in [-0.2, -0.15) is 0 Å². The van der Waals surface area contributed by atoms with Gasteiger partial charge in [-0.05, 0) is 156 Å². The maximum absolute atomic E-state index is 7.05. The summed E-state index contributed by atoms with van der Waals surface area (Å²) in [5.41, 5.74) is 20.6. The van der Waals surface area contributed by atoms with Gasteiger partial charge in [0.1, 0.15) is 35.2 Å². The SMILES string of the molecule is CC(C)(C)c1cc(-c2cc(C(C)(C)C)cc(-c3cc(C(C)(C)C)cc(C(C)(C)C)c3)c2N2CN(c3cccc(Oc4ccc5c6ccc7oc8ccccc8c7c6n(-c6cc(C(C)(C)C)ccn6)c5c4)c3)c3ccccc32)cc(C(C)(C)C)c1. The van der Waals surface area contributed by atoms with Crippen molar-refractivity contribution in [3.8, 4) is 39.6 Å². The first-order chi connectivity index (χ1) is 39.4. The van der Waals surface area contributed by atoms with Crippen LogP contribution in [-0.2, 0) is 32.5 Å². The van der Waals surface area contributed by atoms with Crippen molar-refractivity contribution in [2.75, 3.05) is 16.5 Å². The predicted molar refractivity (Wildman–Crippen MR) is 357 cm³/mol. The van der Waals surface area contributed by atoms with Gasteiger partial charge < -0.3 is 19.0 Å². The lowest BCUT2D eigenvalue weighted by molar-refractivity contribution is 0.483. The first-order valence-electron chi connectivity index (χ1n) is 30.2. The van der Waals surface area contributed by atoms with E-state index in [1.165, 1.54) is 61.3 Å². The lowest BCUT2D eigenvalue weighted by Gasteiger charge is -2.32. The molecule has 1 aliphatic heterocycles. The molecule has 0 spiro atoms. The minimum absolute atomic E-state index is 0.0742. The maximum atomic E-state index is 7.05. The highest BCUT2D eigenvalue weighted by atomic mass is 16.5. The van der Waals surface area contributed by atoms with Crippen molar-refractivity contribution < 1.29 is 9.15 Å². The highest BCUT2D eigenvalue weighted by Gasteiger charge is 2.35. The van der Waals surface area contributed by atoms with Crippen LogP contribution in [-0.4, -0.2) is 16.2 Å². The van der Waals surface area contributed by atoms with E-state index in [4.69, 9.17) is 14.1 Å². The summed E-state index contributed by atoms with van der Waals surface area (Å²) >= 11 is 0. The standard InChI is InChI=1S/C78H84N4O2/c1-73(2,3)50-34-35-79-69(44-50)82-66-46-58(30-31-59(66)60-32-33-68-70(72(60)82)61-26-19-22-29-67(61)84-68)83-57-25-23-24-56(45-57)80-47-81(65-28-21-20-27-64(65)80)71-62(48-36-51(74(4,5)6)40-52(37-48)75(7,8)9)42-55(78(16,17)18)43-63(71)49-38-53(76(10,11)12)41-54(39-49)77(13,14)15/h19-46H,47H2,1-18H3. The van der Waals surface area contributed by atoms with E-state index in [2.05, 4.69) is 297 Å². The summed E-state index contributed by atoms with van der Waals surface area (Å²) in [7, 11) is 0. The van der Waals surface area contributed by atoms with Crippen LogP contribution in [0.2, 0.25) is 0 Å². The summed E-state index contributed by atoms with van der Waals surface area (Å²) in [6.45, 7) is 42.5. The van der Waals surface area contributed by atoms with E-state index >= 15 is 0 Å². The van der Waals surface area contributed by atoms with Crippen molar-refractivity contribution >= 4 is 66.5 Å². The highest BCUT2D eigenvalue weighted by Crippen LogP contribution is 2.53. The van der Waals surface area contributed by atoms with Crippen LogP contribution in [0.3, 0.4) is 0 Å². The number of aromatic nitrogens is 2. The molecule has 8 aromatic carbocycles. The predicted octanol–water partition coefficient (Wildman–Crippen LogP) is 22.2. The summed E-state index contributed by atoms with van der Waals surface area (Å²) in [4.78, 5) is 10.1. The van der Waals surface area contributed by atoms with Crippen molar-refractivity contribution in [3.05, 3.63) is 203 Å². The van der Waals surface area contributed by atoms with Crippen LogP contribution in [0.25, 0.3) is 71.8 Å². The molecule has 4 heterocycles. The van der Waals surface area contributed by atoms with Gasteiger partial charge in [0.15, 0.2) is 0 Å². The Labute approximate surface area is 499 Å². The van der Waals surface area contributed by atoms with Crippen molar-refractivity contribution in [3.63, 3.8) is 0 Å². The van der Waals surface area contributed by atoms with Gasteiger partial charge in [-0.3, -0.25) is 4.57 Å². The minimum Gasteiger partial charge on any atom is -0.457 e. The number of hydrogen-bond acceptors (Lipinski definition) is 5. The monoisotopic (exact) mass is 1110 g/mol. The third-order valence-corrected chi connectivity index (χ3v) is 17.4. The first kappa shape index (κ1) is 56.4. The molecular weight excluding hydrogens is 1020 g/mol. The Hall–Kier alpha value is -8.09. The molecule has 11 aromatic rings. The molecule has 0 N–H and O–H groups in total. The van der Waals surface area contributed by atoms with Gasteiger partial charge in [0.2, 0.25) is 0 Å². The summed E-state index contributed by atoms with van der Waals surface area (Å²) in [5, 5.41) is 4.39. The van der Waals surface area contributed by atoms with Gasteiger partial charge >= 0.3 is 0 Å². The molecule has 0 saturated carbocycles. The zero-order chi connectivity index (χ0) is 59.8. The van der Waals surface area contributed by atoms with E-state index in [1.807, 2.05) is 12.3 Å². The lowest BCUT2D eigenvalue weighted by atomic mass is 9.76. The van der Waals surface area contributed by atoms with Crippen LogP contribution in [0, 0.1) is 0 Å². The fraction of sp³-hybridized carbons (Fsp3) is 0.321. The zero-order valence-corrected chi connectivity index (χ0v) is 53.0. The van der Waals surface area contributed by atoms with Crippen LogP contribution in [0.1, 0.15) is 158 Å². The Kier molecular flexibility index (Phi) is 13.3. The van der Waals surface area contributed by atoms with Crippen LogP contribution >= 0.6 is 0 Å². The average molecular weight is 1110 g/mol. The number of hydrogen-bond donors (Lipinski definition) is 0. The van der Waals surface area contributed by atoms with Crippen molar-refractivity contribution in [1.29, 1.82) is 0 Å². The molecule has 0 saturated heterocycles. The van der Waals surface area contributed by atoms with E-state index in [-0.39, 0.29) is 32.5 Å². The molecule has 0 amide bonds. The third-order valence-electron chi connectivity index (χ3n) is 17.4. The number of nitrogens with zero attached hydrogens (tertiary/aromatic N) is 4. The molecule has 6 nitrogen and oxygen atoms in total. The number of anilines is 4. The number of ether oxygens (including phenoxy) is 1. The number of para-hydroxylation sites is 3. The molecule has 0 unspecified atom stereocenters. The van der Waals surface area contributed by atoms with Crippen molar-refractivity contribution in [2.45, 2.75) is 157 Å². The lowest BCUT2D eigenvalue weighted by Crippen LogP contribution is -2.25. The Morgan fingerprint density at radius 2 is 0.917 bits per heavy atom. The van der Waals surface area contributed by atoms with Crippen LogP contribution in [0.4, 0.5) is 22.7 Å². The zero-order valence-electron chi connectivity index (χ0n) is 53.0. The largest absolute Gasteiger partial charge is 0.457 e. The van der Waals surface area contributed by atoms with Gasteiger partial charge in [-0.1, -0.05) is 197 Å². The van der Waals surface area contributed by atoms with E-state index in [0.717, 1.165) is 78.1 Å². The normalized spacial score (nSPS) is 13.7. The fourth-order valence-electron chi connectivity index (χ4n) is 12.2. The molecule has 0 fully saturated rings.